The molecule has 0 spiro atoms. The van der Waals surface area contributed by atoms with Crippen molar-refractivity contribution < 1.29 is 28.8 Å². The zero-order valence-corrected chi connectivity index (χ0v) is 22.0. The van der Waals surface area contributed by atoms with Gasteiger partial charge in [0.25, 0.3) is 16.8 Å². The van der Waals surface area contributed by atoms with E-state index in [1.807, 2.05) is 0 Å². The van der Waals surface area contributed by atoms with E-state index in [4.69, 9.17) is 32.7 Å². The second-order valence-corrected chi connectivity index (χ2v) is 9.65. The minimum Gasteiger partial charge on any atom is -0.490 e. The number of thioether (sulfide) groups is 1. The number of halogens is 2. The topological polar surface area (TPSA) is 116 Å². The number of amides is 2. The van der Waals surface area contributed by atoms with Gasteiger partial charge in [0.1, 0.15) is 0 Å². The SMILES string of the molecule is CCOc1cc(/C=C2\SC(=O)N(Cc3ccccc3[N+](=O)[O-])C2=O)cc(Cl)c1OC(=O)c1cccc(Cl)c1. The van der Waals surface area contributed by atoms with Crippen LogP contribution in [-0.4, -0.2) is 33.5 Å². The maximum absolute atomic E-state index is 13.0. The molecule has 0 atom stereocenters. The third-order valence-corrected chi connectivity index (χ3v) is 6.70. The van der Waals surface area contributed by atoms with Crippen molar-refractivity contribution in [2.24, 2.45) is 0 Å². The van der Waals surface area contributed by atoms with Crippen molar-refractivity contribution in [3.8, 4) is 11.5 Å². The monoisotopic (exact) mass is 572 g/mol. The average molecular weight is 573 g/mol. The van der Waals surface area contributed by atoms with Gasteiger partial charge in [0, 0.05) is 16.7 Å². The van der Waals surface area contributed by atoms with Crippen LogP contribution in [0.5, 0.6) is 11.5 Å². The Balaban J connectivity index is 1.60. The van der Waals surface area contributed by atoms with Gasteiger partial charge in [-0.15, -0.1) is 0 Å². The molecule has 194 valence electrons. The van der Waals surface area contributed by atoms with Gasteiger partial charge in [0.05, 0.1) is 33.6 Å². The Morgan fingerprint density at radius 2 is 1.87 bits per heavy atom. The lowest BCUT2D eigenvalue weighted by Gasteiger charge is -2.14. The van der Waals surface area contributed by atoms with Crippen molar-refractivity contribution in [2.75, 3.05) is 6.61 Å². The molecule has 0 N–H and O–H groups in total. The number of rotatable bonds is 8. The van der Waals surface area contributed by atoms with Crippen molar-refractivity contribution in [3.63, 3.8) is 0 Å². The first kappa shape index (κ1) is 27.2. The maximum Gasteiger partial charge on any atom is 0.343 e. The molecule has 0 aliphatic carbocycles. The number of imide groups is 1. The lowest BCUT2D eigenvalue weighted by molar-refractivity contribution is -0.385. The Morgan fingerprint density at radius 1 is 1.11 bits per heavy atom. The largest absolute Gasteiger partial charge is 0.490 e. The Kier molecular flexibility index (Phi) is 8.35. The summed E-state index contributed by atoms with van der Waals surface area (Å²) >= 11 is 13.1. The molecule has 0 aromatic heterocycles. The van der Waals surface area contributed by atoms with Gasteiger partial charge in [-0.3, -0.25) is 24.6 Å². The Morgan fingerprint density at radius 3 is 2.58 bits per heavy atom. The number of para-hydroxylation sites is 1. The van der Waals surface area contributed by atoms with Crippen LogP contribution in [0.1, 0.15) is 28.4 Å². The van der Waals surface area contributed by atoms with Crippen LogP contribution in [0.15, 0.2) is 65.6 Å². The molecule has 2 amide bonds. The number of nitro benzene ring substituents is 1. The van der Waals surface area contributed by atoms with Gasteiger partial charge in [-0.25, -0.2) is 4.79 Å². The van der Waals surface area contributed by atoms with Crippen LogP contribution >= 0.6 is 35.0 Å². The lowest BCUT2D eigenvalue weighted by atomic mass is 10.1. The van der Waals surface area contributed by atoms with E-state index in [-0.39, 0.29) is 51.4 Å². The highest BCUT2D eigenvalue weighted by Crippen LogP contribution is 2.40. The molecule has 12 heteroatoms. The highest BCUT2D eigenvalue weighted by atomic mass is 35.5. The fraction of sp³-hybridized carbons (Fsp3) is 0.115. The van der Waals surface area contributed by atoms with Gasteiger partial charge in [0.2, 0.25) is 0 Å². The van der Waals surface area contributed by atoms with Crippen LogP contribution in [-0.2, 0) is 11.3 Å². The van der Waals surface area contributed by atoms with Gasteiger partial charge >= 0.3 is 5.97 Å². The third-order valence-electron chi connectivity index (χ3n) is 5.27. The van der Waals surface area contributed by atoms with Gasteiger partial charge < -0.3 is 9.47 Å². The number of hydrogen-bond donors (Lipinski definition) is 0. The van der Waals surface area contributed by atoms with Crippen molar-refractivity contribution in [3.05, 3.63) is 102 Å². The van der Waals surface area contributed by atoms with Crippen LogP contribution in [0.3, 0.4) is 0 Å². The molecular formula is C26H18Cl2N2O7S. The van der Waals surface area contributed by atoms with Crippen LogP contribution in [0, 0.1) is 10.1 Å². The molecular weight excluding hydrogens is 555 g/mol. The van der Waals surface area contributed by atoms with Crippen LogP contribution < -0.4 is 9.47 Å². The minimum absolute atomic E-state index is 0.0138. The van der Waals surface area contributed by atoms with E-state index in [9.17, 15) is 24.5 Å². The van der Waals surface area contributed by atoms with Crippen molar-refractivity contribution in [1.82, 2.24) is 4.90 Å². The second kappa shape index (κ2) is 11.7. The summed E-state index contributed by atoms with van der Waals surface area (Å²) in [5, 5.41) is 11.1. The predicted molar refractivity (Wildman–Crippen MR) is 144 cm³/mol. The zero-order valence-electron chi connectivity index (χ0n) is 19.7. The fourth-order valence-electron chi connectivity index (χ4n) is 3.58. The van der Waals surface area contributed by atoms with Crippen LogP contribution in [0.2, 0.25) is 10.0 Å². The first-order valence-corrected chi connectivity index (χ1v) is 12.7. The summed E-state index contributed by atoms with van der Waals surface area (Å²) in [5.74, 6) is -1.16. The molecule has 1 aliphatic rings. The second-order valence-electron chi connectivity index (χ2n) is 7.82. The molecule has 1 saturated heterocycles. The van der Waals surface area contributed by atoms with Crippen molar-refractivity contribution >= 4 is 63.8 Å². The standard InChI is InChI=1S/C26H18Cl2N2O7S/c1-2-36-21-11-15(10-19(28)23(21)37-25(32)16-7-5-8-18(27)13-16)12-22-24(31)29(26(33)38-22)14-17-6-3-4-9-20(17)30(34)35/h3-13H,2,14H2,1H3/b22-12-. The first-order chi connectivity index (χ1) is 18.2. The molecule has 9 nitrogen and oxygen atoms in total. The average Bonchev–Trinajstić information content (AvgIpc) is 3.13. The number of esters is 1. The number of nitrogens with zero attached hydrogens (tertiary/aromatic N) is 2. The summed E-state index contributed by atoms with van der Waals surface area (Å²) in [6.07, 6.45) is 1.45. The van der Waals surface area contributed by atoms with Gasteiger partial charge in [-0.2, -0.15) is 0 Å². The van der Waals surface area contributed by atoms with E-state index in [1.165, 1.54) is 48.5 Å². The summed E-state index contributed by atoms with van der Waals surface area (Å²) in [7, 11) is 0. The quantitative estimate of drug-likeness (QED) is 0.0955. The molecule has 3 aromatic carbocycles. The number of benzene rings is 3. The molecule has 0 saturated carbocycles. The van der Waals surface area contributed by atoms with Gasteiger partial charge in [0.15, 0.2) is 11.5 Å². The van der Waals surface area contributed by atoms with Crippen molar-refractivity contribution in [1.29, 1.82) is 0 Å². The number of carbonyl (C=O) groups is 3. The van der Waals surface area contributed by atoms with E-state index in [0.29, 0.717) is 22.3 Å². The highest BCUT2D eigenvalue weighted by Gasteiger charge is 2.36. The Bertz CT molecular complexity index is 1490. The minimum atomic E-state index is -0.695. The van der Waals surface area contributed by atoms with E-state index >= 15 is 0 Å². The maximum atomic E-state index is 13.0. The van der Waals surface area contributed by atoms with Crippen LogP contribution in [0.4, 0.5) is 10.5 Å². The molecule has 1 fully saturated rings. The smallest absolute Gasteiger partial charge is 0.343 e. The van der Waals surface area contributed by atoms with E-state index in [0.717, 1.165) is 4.90 Å². The number of nitro groups is 1. The lowest BCUT2D eigenvalue weighted by Crippen LogP contribution is -2.27. The summed E-state index contributed by atoms with van der Waals surface area (Å²) in [6.45, 7) is 1.72. The molecule has 3 aromatic rings. The van der Waals surface area contributed by atoms with Crippen LogP contribution in [0.25, 0.3) is 6.08 Å². The zero-order chi connectivity index (χ0) is 27.4. The predicted octanol–water partition coefficient (Wildman–Crippen LogP) is 6.76. The van der Waals surface area contributed by atoms with Crippen molar-refractivity contribution in [2.45, 2.75) is 13.5 Å². The molecule has 1 aliphatic heterocycles. The summed E-state index contributed by atoms with van der Waals surface area (Å²) in [6, 6.07) is 15.1. The van der Waals surface area contributed by atoms with Gasteiger partial charge in [-0.05, 0) is 60.7 Å². The Hall–Kier alpha value is -3.86. The fourth-order valence-corrected chi connectivity index (χ4v) is 4.87. The Labute approximate surface area is 231 Å². The normalized spacial score (nSPS) is 14.2. The number of carbonyl (C=O) groups excluding carboxylic acids is 3. The molecule has 38 heavy (non-hydrogen) atoms. The molecule has 0 bridgehead atoms. The number of ether oxygens (including phenoxy) is 2. The molecule has 0 unspecified atom stereocenters. The first-order valence-electron chi connectivity index (χ1n) is 11.1. The summed E-state index contributed by atoms with van der Waals surface area (Å²) in [4.78, 5) is 50.0. The third kappa shape index (κ3) is 5.99. The molecule has 4 rings (SSSR count). The van der Waals surface area contributed by atoms with E-state index in [1.54, 1.807) is 25.1 Å². The highest BCUT2D eigenvalue weighted by molar-refractivity contribution is 8.18. The summed E-state index contributed by atoms with van der Waals surface area (Å²) < 4.78 is 11.1. The number of hydrogen-bond acceptors (Lipinski definition) is 8. The molecule has 1 heterocycles. The van der Waals surface area contributed by atoms with E-state index < -0.39 is 22.0 Å². The summed E-state index contributed by atoms with van der Waals surface area (Å²) in [5.41, 5.74) is 0.671. The van der Waals surface area contributed by atoms with Gasteiger partial charge in [-0.1, -0.05) is 47.5 Å². The van der Waals surface area contributed by atoms with E-state index in [2.05, 4.69) is 0 Å². The molecule has 0 radical (unpaired) electrons.